The van der Waals surface area contributed by atoms with Gasteiger partial charge in [0.25, 0.3) is 0 Å². The Morgan fingerprint density at radius 1 is 1.30 bits per heavy atom. The number of Topliss-reactive ketones (excluding diaryl/α,β-unsaturated/α-hetero) is 1. The molecule has 4 nitrogen and oxygen atoms in total. The maximum absolute atomic E-state index is 12.1. The highest BCUT2D eigenvalue weighted by Gasteiger charge is 2.14. The lowest BCUT2D eigenvalue weighted by atomic mass is 10.2. The molecule has 1 heterocycles. The zero-order valence-corrected chi connectivity index (χ0v) is 13.5. The molecular formula is C15H24N2O2S. The van der Waals surface area contributed by atoms with Crippen molar-refractivity contribution in [2.24, 2.45) is 5.92 Å². The average molecular weight is 296 g/mol. The molecule has 0 aliphatic heterocycles. The predicted octanol–water partition coefficient (Wildman–Crippen LogP) is 2.20. The van der Waals surface area contributed by atoms with Gasteiger partial charge in [-0.3, -0.25) is 14.5 Å². The number of carbonyl (C=O) groups excluding carboxylic acids is 2. The van der Waals surface area contributed by atoms with Crippen molar-refractivity contribution in [1.82, 2.24) is 10.2 Å². The smallest absolute Gasteiger partial charge is 0.234 e. The molecule has 112 valence electrons. The van der Waals surface area contributed by atoms with Crippen LogP contribution in [-0.2, 0) is 11.2 Å². The van der Waals surface area contributed by atoms with E-state index in [4.69, 9.17) is 0 Å². The third-order valence-electron chi connectivity index (χ3n) is 2.82. The van der Waals surface area contributed by atoms with E-state index in [1.165, 1.54) is 16.2 Å². The minimum atomic E-state index is -0.0329. The number of hydrogen-bond acceptors (Lipinski definition) is 4. The number of thiophene rings is 1. The van der Waals surface area contributed by atoms with E-state index in [2.05, 4.69) is 26.1 Å². The number of carbonyl (C=O) groups is 2. The quantitative estimate of drug-likeness (QED) is 0.748. The van der Waals surface area contributed by atoms with Gasteiger partial charge in [-0.2, -0.15) is 0 Å². The zero-order valence-electron chi connectivity index (χ0n) is 12.7. The summed E-state index contributed by atoms with van der Waals surface area (Å²) < 4.78 is 0. The first kappa shape index (κ1) is 16.9. The molecule has 0 atom stereocenters. The molecule has 0 bridgehead atoms. The van der Waals surface area contributed by atoms with Gasteiger partial charge in [-0.15, -0.1) is 11.3 Å². The van der Waals surface area contributed by atoms with Crippen LogP contribution < -0.4 is 5.32 Å². The molecule has 0 fully saturated rings. The van der Waals surface area contributed by atoms with E-state index in [9.17, 15) is 9.59 Å². The van der Waals surface area contributed by atoms with E-state index in [1.807, 2.05) is 12.1 Å². The van der Waals surface area contributed by atoms with Crippen molar-refractivity contribution >= 4 is 23.0 Å². The van der Waals surface area contributed by atoms with Crippen LogP contribution in [0.4, 0.5) is 0 Å². The lowest BCUT2D eigenvalue weighted by Gasteiger charge is -2.15. The molecule has 0 unspecified atom stereocenters. The molecule has 1 N–H and O–H groups in total. The van der Waals surface area contributed by atoms with E-state index >= 15 is 0 Å². The van der Waals surface area contributed by atoms with E-state index in [0.29, 0.717) is 12.5 Å². The van der Waals surface area contributed by atoms with Crippen LogP contribution in [0.1, 0.15) is 35.3 Å². The molecule has 1 aromatic heterocycles. The summed E-state index contributed by atoms with van der Waals surface area (Å²) >= 11 is 1.54. The Hall–Kier alpha value is -1.20. The number of aryl methyl sites for hydroxylation is 1. The Morgan fingerprint density at radius 3 is 2.55 bits per heavy atom. The molecule has 5 heteroatoms. The molecule has 1 rings (SSSR count). The summed E-state index contributed by atoms with van der Waals surface area (Å²) in [5, 5.41) is 2.85. The van der Waals surface area contributed by atoms with E-state index in [-0.39, 0.29) is 24.8 Å². The number of nitrogens with one attached hydrogen (secondary N) is 1. The van der Waals surface area contributed by atoms with Gasteiger partial charge in [-0.1, -0.05) is 20.8 Å². The molecule has 0 aliphatic rings. The Balaban J connectivity index is 2.39. The van der Waals surface area contributed by atoms with Crippen molar-refractivity contribution in [1.29, 1.82) is 0 Å². The summed E-state index contributed by atoms with van der Waals surface area (Å²) in [5.74, 6) is 0.479. The van der Waals surface area contributed by atoms with Gasteiger partial charge in [0.1, 0.15) is 0 Å². The summed E-state index contributed by atoms with van der Waals surface area (Å²) in [6, 6.07) is 3.87. The average Bonchev–Trinajstić information content (AvgIpc) is 2.85. The zero-order chi connectivity index (χ0) is 15.1. The summed E-state index contributed by atoms with van der Waals surface area (Å²) in [6.45, 7) is 7.38. The lowest BCUT2D eigenvalue weighted by Crippen LogP contribution is -2.38. The summed E-state index contributed by atoms with van der Waals surface area (Å²) in [5.41, 5.74) is 0. The third kappa shape index (κ3) is 5.84. The Morgan fingerprint density at radius 2 is 2.00 bits per heavy atom. The molecule has 0 saturated heterocycles. The van der Waals surface area contributed by atoms with Gasteiger partial charge >= 0.3 is 0 Å². The van der Waals surface area contributed by atoms with Crippen molar-refractivity contribution in [2.75, 3.05) is 26.7 Å². The van der Waals surface area contributed by atoms with Gasteiger partial charge in [0.15, 0.2) is 5.78 Å². The van der Waals surface area contributed by atoms with Gasteiger partial charge in [-0.25, -0.2) is 0 Å². The van der Waals surface area contributed by atoms with Crippen molar-refractivity contribution < 1.29 is 9.59 Å². The van der Waals surface area contributed by atoms with Gasteiger partial charge < -0.3 is 5.32 Å². The molecule has 0 saturated carbocycles. The molecule has 1 aromatic rings. The molecular weight excluding hydrogens is 272 g/mol. The number of amides is 1. The SMILES string of the molecule is CCc1ccc(C(=O)CN(C)CC(=O)NCC(C)C)s1. The summed E-state index contributed by atoms with van der Waals surface area (Å²) in [7, 11) is 1.79. The fraction of sp³-hybridized carbons (Fsp3) is 0.600. The third-order valence-corrected chi connectivity index (χ3v) is 4.09. The largest absolute Gasteiger partial charge is 0.355 e. The lowest BCUT2D eigenvalue weighted by molar-refractivity contribution is -0.121. The standard InChI is InChI=1S/C15H24N2O2S/c1-5-12-6-7-14(20-12)13(18)9-17(4)10-15(19)16-8-11(2)3/h6-7,11H,5,8-10H2,1-4H3,(H,16,19). The second-order valence-corrected chi connectivity index (χ2v) is 6.58. The first-order chi connectivity index (χ1) is 9.42. The van der Waals surface area contributed by atoms with Gasteiger partial charge in [-0.05, 0) is 31.5 Å². The van der Waals surface area contributed by atoms with E-state index in [0.717, 1.165) is 11.3 Å². The van der Waals surface area contributed by atoms with E-state index in [1.54, 1.807) is 11.9 Å². The molecule has 0 aliphatic carbocycles. The first-order valence-electron chi connectivity index (χ1n) is 6.99. The second kappa shape index (κ2) is 8.17. The normalized spacial score (nSPS) is 11.1. The maximum Gasteiger partial charge on any atom is 0.234 e. The van der Waals surface area contributed by atoms with Gasteiger partial charge in [0.05, 0.1) is 18.0 Å². The van der Waals surface area contributed by atoms with Crippen LogP contribution >= 0.6 is 11.3 Å². The van der Waals surface area contributed by atoms with Crippen molar-refractivity contribution in [2.45, 2.75) is 27.2 Å². The fourth-order valence-corrected chi connectivity index (χ4v) is 2.59. The minimum absolute atomic E-state index is 0.0329. The Bertz CT molecular complexity index is 454. The molecule has 0 radical (unpaired) electrons. The fourth-order valence-electron chi connectivity index (χ4n) is 1.72. The number of rotatable bonds is 8. The number of hydrogen-bond donors (Lipinski definition) is 1. The van der Waals surface area contributed by atoms with Crippen LogP contribution in [-0.4, -0.2) is 43.3 Å². The van der Waals surface area contributed by atoms with Crippen LogP contribution in [0, 0.1) is 5.92 Å². The van der Waals surface area contributed by atoms with Crippen LogP contribution in [0.5, 0.6) is 0 Å². The second-order valence-electron chi connectivity index (χ2n) is 5.41. The van der Waals surface area contributed by atoms with Gasteiger partial charge in [0.2, 0.25) is 5.91 Å². The van der Waals surface area contributed by atoms with Crippen LogP contribution in [0.15, 0.2) is 12.1 Å². The number of ketones is 1. The predicted molar refractivity (Wildman–Crippen MR) is 83.4 cm³/mol. The highest BCUT2D eigenvalue weighted by molar-refractivity contribution is 7.14. The summed E-state index contributed by atoms with van der Waals surface area (Å²) in [4.78, 5) is 27.5. The van der Waals surface area contributed by atoms with Crippen molar-refractivity contribution in [3.05, 3.63) is 21.9 Å². The number of likely N-dealkylation sites (N-methyl/N-ethyl adjacent to an activating group) is 1. The van der Waals surface area contributed by atoms with Crippen molar-refractivity contribution in [3.8, 4) is 0 Å². The van der Waals surface area contributed by atoms with Gasteiger partial charge in [0, 0.05) is 11.4 Å². The van der Waals surface area contributed by atoms with Crippen LogP contribution in [0.25, 0.3) is 0 Å². The topological polar surface area (TPSA) is 49.4 Å². The Kier molecular flexibility index (Phi) is 6.88. The van der Waals surface area contributed by atoms with Crippen molar-refractivity contribution in [3.63, 3.8) is 0 Å². The monoisotopic (exact) mass is 296 g/mol. The first-order valence-corrected chi connectivity index (χ1v) is 7.81. The van der Waals surface area contributed by atoms with Crippen LogP contribution in [0.3, 0.4) is 0 Å². The molecule has 0 spiro atoms. The Labute approximate surface area is 125 Å². The van der Waals surface area contributed by atoms with E-state index < -0.39 is 0 Å². The molecule has 1 amide bonds. The number of nitrogens with zero attached hydrogens (tertiary/aromatic N) is 1. The molecule has 0 aromatic carbocycles. The highest BCUT2D eigenvalue weighted by atomic mass is 32.1. The minimum Gasteiger partial charge on any atom is -0.355 e. The highest BCUT2D eigenvalue weighted by Crippen LogP contribution is 2.17. The molecule has 20 heavy (non-hydrogen) atoms. The maximum atomic E-state index is 12.1. The summed E-state index contributed by atoms with van der Waals surface area (Å²) in [6.07, 6.45) is 0.950. The van der Waals surface area contributed by atoms with Crippen LogP contribution in [0.2, 0.25) is 0 Å².